The zero-order chi connectivity index (χ0) is 11.4. The third-order valence-electron chi connectivity index (χ3n) is 4.30. The van der Waals surface area contributed by atoms with Crippen molar-refractivity contribution >= 4 is 0 Å². The molecule has 4 unspecified atom stereocenters. The summed E-state index contributed by atoms with van der Waals surface area (Å²) in [7, 11) is 0. The van der Waals surface area contributed by atoms with Gasteiger partial charge in [0.05, 0.1) is 6.61 Å². The minimum atomic E-state index is 0.343. The second kappa shape index (κ2) is 5.99. The van der Waals surface area contributed by atoms with Gasteiger partial charge in [-0.25, -0.2) is 0 Å². The Hall–Kier alpha value is -0.120. The fourth-order valence-corrected chi connectivity index (χ4v) is 3.21. The summed E-state index contributed by atoms with van der Waals surface area (Å²) in [6.07, 6.45) is 6.05. The van der Waals surface area contributed by atoms with Gasteiger partial charge in [0.15, 0.2) is 0 Å². The van der Waals surface area contributed by atoms with Crippen LogP contribution in [0.1, 0.15) is 39.0 Å². The summed E-state index contributed by atoms with van der Waals surface area (Å²) in [5.74, 6) is 1.17. The molecule has 2 fully saturated rings. The number of aliphatic hydroxyl groups is 1. The lowest BCUT2D eigenvalue weighted by atomic mass is 9.94. The average molecular weight is 227 g/mol. The average Bonchev–Trinajstić information content (AvgIpc) is 2.96. The van der Waals surface area contributed by atoms with Gasteiger partial charge in [-0.15, -0.1) is 0 Å². The van der Waals surface area contributed by atoms with Crippen LogP contribution < -0.4 is 5.32 Å². The van der Waals surface area contributed by atoms with Crippen molar-refractivity contribution in [3.63, 3.8) is 0 Å². The van der Waals surface area contributed by atoms with Crippen molar-refractivity contribution in [2.24, 2.45) is 11.8 Å². The number of hydrogen-bond donors (Lipinski definition) is 2. The van der Waals surface area contributed by atoms with Crippen LogP contribution in [0.15, 0.2) is 0 Å². The number of ether oxygens (including phenoxy) is 1. The monoisotopic (exact) mass is 227 g/mol. The molecule has 2 rings (SSSR count). The molecule has 0 bridgehead atoms. The maximum Gasteiger partial charge on any atom is 0.0510 e. The second-order valence-corrected chi connectivity index (χ2v) is 5.29. The first-order valence-electron chi connectivity index (χ1n) is 6.79. The molecule has 0 aromatic carbocycles. The number of rotatable bonds is 5. The van der Waals surface area contributed by atoms with Gasteiger partial charge in [-0.1, -0.05) is 13.3 Å². The van der Waals surface area contributed by atoms with Crippen molar-refractivity contribution in [2.45, 2.75) is 51.1 Å². The summed E-state index contributed by atoms with van der Waals surface area (Å²) in [4.78, 5) is 0. The highest BCUT2D eigenvalue weighted by atomic mass is 16.5. The molecule has 1 heterocycles. The molecule has 2 aliphatic rings. The molecule has 2 N–H and O–H groups in total. The van der Waals surface area contributed by atoms with E-state index in [4.69, 9.17) is 4.74 Å². The lowest BCUT2D eigenvalue weighted by Gasteiger charge is -2.29. The van der Waals surface area contributed by atoms with Crippen LogP contribution in [0.3, 0.4) is 0 Å². The van der Waals surface area contributed by atoms with Crippen molar-refractivity contribution in [3.05, 3.63) is 0 Å². The van der Waals surface area contributed by atoms with Gasteiger partial charge in [0, 0.05) is 25.3 Å². The van der Waals surface area contributed by atoms with E-state index in [0.717, 1.165) is 13.2 Å². The van der Waals surface area contributed by atoms with Crippen LogP contribution in [0, 0.1) is 11.8 Å². The minimum absolute atomic E-state index is 0.343. The van der Waals surface area contributed by atoms with Gasteiger partial charge in [-0.3, -0.25) is 0 Å². The van der Waals surface area contributed by atoms with Crippen LogP contribution >= 0.6 is 0 Å². The summed E-state index contributed by atoms with van der Waals surface area (Å²) in [5, 5.41) is 13.1. The highest BCUT2D eigenvalue weighted by molar-refractivity contribution is 4.88. The van der Waals surface area contributed by atoms with E-state index in [2.05, 4.69) is 12.2 Å². The largest absolute Gasteiger partial charge is 0.396 e. The lowest BCUT2D eigenvalue weighted by Crippen LogP contribution is -2.45. The molecule has 94 valence electrons. The molecule has 0 aromatic rings. The summed E-state index contributed by atoms with van der Waals surface area (Å²) < 4.78 is 5.47. The first-order chi connectivity index (χ1) is 7.85. The maximum absolute atomic E-state index is 9.32. The molecule has 1 aliphatic carbocycles. The first-order valence-corrected chi connectivity index (χ1v) is 6.79. The standard InChI is InChI=1S/C13H25NO2/c1-2-12(11-6-7-16-9-11)14-13-5-3-4-10(13)8-15/h10-15H,2-9H2,1H3. The lowest BCUT2D eigenvalue weighted by molar-refractivity contribution is 0.162. The van der Waals surface area contributed by atoms with Gasteiger partial charge in [-0.2, -0.15) is 0 Å². The van der Waals surface area contributed by atoms with E-state index in [1.807, 2.05) is 0 Å². The van der Waals surface area contributed by atoms with E-state index in [1.54, 1.807) is 0 Å². The molecule has 4 atom stereocenters. The van der Waals surface area contributed by atoms with Gasteiger partial charge >= 0.3 is 0 Å². The molecule has 0 amide bonds. The molecule has 3 nitrogen and oxygen atoms in total. The maximum atomic E-state index is 9.32. The molecule has 3 heteroatoms. The van der Waals surface area contributed by atoms with Gasteiger partial charge in [0.1, 0.15) is 0 Å². The van der Waals surface area contributed by atoms with Gasteiger partial charge < -0.3 is 15.2 Å². The van der Waals surface area contributed by atoms with E-state index < -0.39 is 0 Å². The van der Waals surface area contributed by atoms with Crippen LogP contribution in [0.2, 0.25) is 0 Å². The topological polar surface area (TPSA) is 41.5 Å². The third-order valence-corrected chi connectivity index (χ3v) is 4.30. The van der Waals surface area contributed by atoms with Crippen LogP contribution in [0.4, 0.5) is 0 Å². The molecule has 1 aliphatic heterocycles. The Balaban J connectivity index is 1.85. The molecule has 1 saturated carbocycles. The fraction of sp³-hybridized carbons (Fsp3) is 1.00. The van der Waals surface area contributed by atoms with E-state index >= 15 is 0 Å². The Morgan fingerprint density at radius 3 is 2.88 bits per heavy atom. The fourth-order valence-electron chi connectivity index (χ4n) is 3.21. The quantitative estimate of drug-likeness (QED) is 0.749. The van der Waals surface area contributed by atoms with Crippen LogP contribution in [-0.2, 0) is 4.74 Å². The molecule has 0 radical (unpaired) electrons. The molecule has 16 heavy (non-hydrogen) atoms. The van der Waals surface area contributed by atoms with E-state index in [-0.39, 0.29) is 0 Å². The Morgan fingerprint density at radius 2 is 2.25 bits per heavy atom. The summed E-state index contributed by atoms with van der Waals surface area (Å²) >= 11 is 0. The second-order valence-electron chi connectivity index (χ2n) is 5.29. The van der Waals surface area contributed by atoms with E-state index in [1.165, 1.54) is 32.1 Å². The highest BCUT2D eigenvalue weighted by Gasteiger charge is 2.31. The first kappa shape index (κ1) is 12.3. The van der Waals surface area contributed by atoms with E-state index in [9.17, 15) is 5.11 Å². The summed E-state index contributed by atoms with van der Waals surface area (Å²) in [5.41, 5.74) is 0. The normalized spacial score (nSPS) is 36.8. The van der Waals surface area contributed by atoms with Crippen LogP contribution in [0.25, 0.3) is 0 Å². The molecule has 0 aromatic heterocycles. The van der Waals surface area contributed by atoms with E-state index in [0.29, 0.717) is 30.5 Å². The number of aliphatic hydroxyl groups excluding tert-OH is 1. The number of nitrogens with one attached hydrogen (secondary N) is 1. The van der Waals surface area contributed by atoms with Crippen LogP contribution in [-0.4, -0.2) is 37.0 Å². The van der Waals surface area contributed by atoms with Gasteiger partial charge in [0.25, 0.3) is 0 Å². The molecular formula is C13H25NO2. The minimum Gasteiger partial charge on any atom is -0.396 e. The van der Waals surface area contributed by atoms with Crippen molar-refractivity contribution in [1.82, 2.24) is 5.32 Å². The molecular weight excluding hydrogens is 202 g/mol. The Labute approximate surface area is 98.6 Å². The predicted molar refractivity (Wildman–Crippen MR) is 64.4 cm³/mol. The van der Waals surface area contributed by atoms with Crippen LogP contribution in [0.5, 0.6) is 0 Å². The van der Waals surface area contributed by atoms with Crippen molar-refractivity contribution in [2.75, 3.05) is 19.8 Å². The smallest absolute Gasteiger partial charge is 0.0510 e. The van der Waals surface area contributed by atoms with Gasteiger partial charge in [0.2, 0.25) is 0 Å². The predicted octanol–water partition coefficient (Wildman–Crippen LogP) is 1.55. The summed E-state index contributed by atoms with van der Waals surface area (Å²) in [6, 6.07) is 1.12. The third kappa shape index (κ3) is 2.76. The van der Waals surface area contributed by atoms with Crippen molar-refractivity contribution < 1.29 is 9.84 Å². The van der Waals surface area contributed by atoms with Crippen molar-refractivity contribution in [3.8, 4) is 0 Å². The Bertz CT molecular complexity index is 204. The van der Waals surface area contributed by atoms with Crippen molar-refractivity contribution in [1.29, 1.82) is 0 Å². The zero-order valence-corrected chi connectivity index (χ0v) is 10.3. The Morgan fingerprint density at radius 1 is 1.38 bits per heavy atom. The number of hydrogen-bond acceptors (Lipinski definition) is 3. The highest BCUT2D eigenvalue weighted by Crippen LogP contribution is 2.28. The zero-order valence-electron chi connectivity index (χ0n) is 10.3. The van der Waals surface area contributed by atoms with Gasteiger partial charge in [-0.05, 0) is 37.5 Å². The Kier molecular flexibility index (Phi) is 4.62. The molecule has 0 spiro atoms. The SMILES string of the molecule is CCC(NC1CCCC1CO)C1CCOC1. The molecule has 1 saturated heterocycles. The summed E-state index contributed by atoms with van der Waals surface area (Å²) in [6.45, 7) is 4.44.